The lowest BCUT2D eigenvalue weighted by atomic mass is 9.88. The van der Waals surface area contributed by atoms with E-state index in [0.717, 1.165) is 6.42 Å². The number of carbonyl (C=O) groups excluding carboxylic acids is 1. The molecule has 8 nitrogen and oxygen atoms in total. The molecule has 10 heteroatoms. The highest BCUT2D eigenvalue weighted by molar-refractivity contribution is 6.10. The molecule has 1 aromatic carbocycles. The summed E-state index contributed by atoms with van der Waals surface area (Å²) in [5.41, 5.74) is 3.56. The van der Waals surface area contributed by atoms with E-state index in [-0.39, 0.29) is 23.4 Å². The van der Waals surface area contributed by atoms with E-state index in [0.29, 0.717) is 18.8 Å². The quantitative estimate of drug-likeness (QED) is 0.663. The molecule has 1 aromatic rings. The lowest BCUT2D eigenvalue weighted by Crippen LogP contribution is -2.61. The largest absolute Gasteiger partial charge is 0.479 e. The molecule has 1 amide bonds. The van der Waals surface area contributed by atoms with E-state index in [4.69, 9.17) is 0 Å². The number of carboxylic acid groups (broad SMARTS) is 1. The molecule has 3 aliphatic rings. The molecule has 2 bridgehead atoms. The van der Waals surface area contributed by atoms with E-state index < -0.39 is 24.0 Å². The van der Waals surface area contributed by atoms with Crippen LogP contribution >= 0.6 is 0 Å². The van der Waals surface area contributed by atoms with Crippen LogP contribution in [0, 0.1) is 0 Å². The highest BCUT2D eigenvalue weighted by atomic mass is 19.3. The summed E-state index contributed by atoms with van der Waals surface area (Å²) in [4.78, 5) is 29.1. The Balaban J connectivity index is 1.71. The predicted molar refractivity (Wildman–Crippen MR) is 85.7 cm³/mol. The van der Waals surface area contributed by atoms with Gasteiger partial charge in [0.15, 0.2) is 0 Å². The molecule has 140 valence electrons. The zero-order valence-electron chi connectivity index (χ0n) is 13.9. The van der Waals surface area contributed by atoms with Gasteiger partial charge in [0.2, 0.25) is 5.54 Å². The summed E-state index contributed by atoms with van der Waals surface area (Å²) in [5.74, 6) is -2.21. The molecular weight excluding hydrogens is 350 g/mol. The van der Waals surface area contributed by atoms with Gasteiger partial charge in [-0.15, -0.1) is 0 Å². The van der Waals surface area contributed by atoms with Gasteiger partial charge >= 0.3 is 12.6 Å². The number of nitrogens with zero attached hydrogens (tertiary/aromatic N) is 2. The Morgan fingerprint density at radius 3 is 2.69 bits per heavy atom. The predicted octanol–water partition coefficient (Wildman–Crippen LogP) is 0.413. The third-order valence-electron chi connectivity index (χ3n) is 5.42. The third kappa shape index (κ3) is 2.32. The van der Waals surface area contributed by atoms with Crippen LogP contribution in [0.15, 0.2) is 18.2 Å². The second kappa shape index (κ2) is 5.78. The molecule has 2 fully saturated rings. The number of hydrogen-bond acceptors (Lipinski definition) is 6. The van der Waals surface area contributed by atoms with Crippen molar-refractivity contribution in [1.82, 2.24) is 15.2 Å². The van der Waals surface area contributed by atoms with Crippen molar-refractivity contribution in [2.75, 3.05) is 25.6 Å². The number of hydrogen-bond donors (Lipinski definition) is 3. The fraction of sp³-hybridized carbons (Fsp3) is 0.500. The minimum absolute atomic E-state index is 0.0555. The number of rotatable bonds is 4. The van der Waals surface area contributed by atoms with Crippen molar-refractivity contribution < 1.29 is 28.2 Å². The number of hydrazine groups is 1. The molecule has 3 atom stereocenters. The molecule has 0 saturated carbocycles. The SMILES string of the molecule is CN1C[C@@H]2C[C@H]1CN2C(=O)C1(C(=O)O)NNc2ccc(OC(F)F)cc21. The highest BCUT2D eigenvalue weighted by Gasteiger charge is 2.58. The summed E-state index contributed by atoms with van der Waals surface area (Å²) in [5, 5.41) is 9.89. The molecule has 4 rings (SSSR count). The third-order valence-corrected chi connectivity index (χ3v) is 5.42. The van der Waals surface area contributed by atoms with E-state index in [1.165, 1.54) is 18.2 Å². The van der Waals surface area contributed by atoms with Gasteiger partial charge in [-0.2, -0.15) is 8.78 Å². The molecular formula is C16H18F2N4O4. The van der Waals surface area contributed by atoms with Gasteiger partial charge in [-0.1, -0.05) is 0 Å². The Kier molecular flexibility index (Phi) is 3.77. The van der Waals surface area contributed by atoms with E-state index in [1.54, 1.807) is 4.90 Å². The molecule has 2 saturated heterocycles. The second-order valence-corrected chi connectivity index (χ2v) is 6.83. The lowest BCUT2D eigenvalue weighted by Gasteiger charge is -2.36. The summed E-state index contributed by atoms with van der Waals surface area (Å²) >= 11 is 0. The molecule has 3 aliphatic heterocycles. The molecule has 26 heavy (non-hydrogen) atoms. The van der Waals surface area contributed by atoms with Gasteiger partial charge in [-0.3, -0.25) is 9.69 Å². The van der Waals surface area contributed by atoms with Crippen LogP contribution in [-0.4, -0.2) is 65.6 Å². The van der Waals surface area contributed by atoms with Gasteiger partial charge in [0.05, 0.1) is 5.69 Å². The van der Waals surface area contributed by atoms with Crippen LogP contribution in [0.4, 0.5) is 14.5 Å². The number of ether oxygens (including phenoxy) is 1. The van der Waals surface area contributed by atoms with Gasteiger partial charge in [0, 0.05) is 30.7 Å². The molecule has 3 N–H and O–H groups in total. The maximum atomic E-state index is 13.2. The minimum Gasteiger partial charge on any atom is -0.479 e. The number of carboxylic acids is 1. The Bertz CT molecular complexity index is 775. The number of aliphatic carboxylic acids is 1. The number of likely N-dealkylation sites (N-methyl/N-ethyl adjacent to an activating group) is 1. The van der Waals surface area contributed by atoms with Crippen LogP contribution in [0.5, 0.6) is 5.75 Å². The molecule has 0 aromatic heterocycles. The fourth-order valence-electron chi connectivity index (χ4n) is 4.11. The molecule has 0 radical (unpaired) electrons. The fourth-order valence-corrected chi connectivity index (χ4v) is 4.11. The van der Waals surface area contributed by atoms with Crippen molar-refractivity contribution in [2.45, 2.75) is 30.7 Å². The number of amides is 1. The number of alkyl halides is 2. The van der Waals surface area contributed by atoms with Crippen LogP contribution in [-0.2, 0) is 15.1 Å². The number of anilines is 1. The summed E-state index contributed by atoms with van der Waals surface area (Å²) in [6, 6.07) is 4.01. The summed E-state index contributed by atoms with van der Waals surface area (Å²) < 4.78 is 29.4. The number of fused-ring (bicyclic) bond motifs is 3. The summed E-state index contributed by atoms with van der Waals surface area (Å²) in [6.07, 6.45) is 0.798. The lowest BCUT2D eigenvalue weighted by molar-refractivity contribution is -0.156. The number of piperazine rings is 1. The van der Waals surface area contributed by atoms with Crippen molar-refractivity contribution in [3.8, 4) is 5.75 Å². The van der Waals surface area contributed by atoms with Crippen molar-refractivity contribution in [3.05, 3.63) is 23.8 Å². The Hall–Kier alpha value is -2.46. The Labute approximate surface area is 147 Å². The molecule has 1 unspecified atom stereocenters. The number of likely N-dealkylation sites (tertiary alicyclic amines) is 2. The van der Waals surface area contributed by atoms with Crippen molar-refractivity contribution in [1.29, 1.82) is 0 Å². The van der Waals surface area contributed by atoms with Gasteiger partial charge in [0.25, 0.3) is 5.91 Å². The van der Waals surface area contributed by atoms with Gasteiger partial charge in [-0.05, 0) is 31.7 Å². The van der Waals surface area contributed by atoms with E-state index in [9.17, 15) is 23.5 Å². The summed E-state index contributed by atoms with van der Waals surface area (Å²) in [6.45, 7) is -1.92. The van der Waals surface area contributed by atoms with Crippen LogP contribution < -0.4 is 15.6 Å². The van der Waals surface area contributed by atoms with E-state index >= 15 is 0 Å². The van der Waals surface area contributed by atoms with Crippen LogP contribution in [0.1, 0.15) is 12.0 Å². The molecule has 0 aliphatic carbocycles. The maximum Gasteiger partial charge on any atom is 0.387 e. The van der Waals surface area contributed by atoms with Crippen LogP contribution in [0.3, 0.4) is 0 Å². The number of nitrogens with one attached hydrogen (secondary N) is 2. The van der Waals surface area contributed by atoms with E-state index in [1.807, 2.05) is 7.05 Å². The topological polar surface area (TPSA) is 94.1 Å². The zero-order valence-corrected chi connectivity index (χ0v) is 13.9. The monoisotopic (exact) mass is 368 g/mol. The first-order valence-electron chi connectivity index (χ1n) is 8.20. The first kappa shape index (κ1) is 17.0. The standard InChI is InChI=1S/C16H18F2N4O4/c1-21-6-9-4-8(21)7-22(9)13(23)16(14(24)25)11-5-10(26-15(17)18)2-3-12(11)19-20-16/h2-3,5,8-9,15,19-20H,4,6-7H2,1H3,(H,24,25)/t8-,9-,16?/m0/s1. The highest BCUT2D eigenvalue weighted by Crippen LogP contribution is 2.40. The molecule has 3 heterocycles. The first-order chi connectivity index (χ1) is 12.3. The van der Waals surface area contributed by atoms with Gasteiger partial charge in [0.1, 0.15) is 5.75 Å². The normalized spacial score (nSPS) is 29.8. The zero-order chi connectivity index (χ0) is 18.6. The number of halogens is 2. The average Bonchev–Trinajstić information content (AvgIpc) is 3.25. The Morgan fingerprint density at radius 2 is 2.12 bits per heavy atom. The molecule has 0 spiro atoms. The van der Waals surface area contributed by atoms with Gasteiger partial charge in [-0.25, -0.2) is 10.2 Å². The van der Waals surface area contributed by atoms with Crippen molar-refractivity contribution in [3.63, 3.8) is 0 Å². The van der Waals surface area contributed by atoms with Crippen molar-refractivity contribution >= 4 is 17.6 Å². The van der Waals surface area contributed by atoms with Gasteiger partial charge < -0.3 is 20.2 Å². The van der Waals surface area contributed by atoms with Crippen LogP contribution in [0.25, 0.3) is 0 Å². The minimum atomic E-state index is -3.05. The van der Waals surface area contributed by atoms with Crippen LogP contribution in [0.2, 0.25) is 0 Å². The number of carbonyl (C=O) groups is 2. The Morgan fingerprint density at radius 1 is 1.35 bits per heavy atom. The number of benzene rings is 1. The summed E-state index contributed by atoms with van der Waals surface area (Å²) in [7, 11) is 1.97. The smallest absolute Gasteiger partial charge is 0.387 e. The van der Waals surface area contributed by atoms with E-state index in [2.05, 4.69) is 20.5 Å². The average molecular weight is 368 g/mol. The second-order valence-electron chi connectivity index (χ2n) is 6.83. The maximum absolute atomic E-state index is 13.2. The van der Waals surface area contributed by atoms with Crippen molar-refractivity contribution in [2.24, 2.45) is 0 Å². The first-order valence-corrected chi connectivity index (χ1v) is 8.20.